The molecule has 0 saturated carbocycles. The number of ketones is 1. The summed E-state index contributed by atoms with van der Waals surface area (Å²) in [6.07, 6.45) is 3.03. The number of nitrogens with zero attached hydrogens (tertiary/aromatic N) is 4. The summed E-state index contributed by atoms with van der Waals surface area (Å²) in [5.41, 5.74) is 2.11. The van der Waals surface area contributed by atoms with Gasteiger partial charge in [0.05, 0.1) is 18.2 Å². The van der Waals surface area contributed by atoms with E-state index in [1.54, 1.807) is 36.4 Å². The van der Waals surface area contributed by atoms with Crippen molar-refractivity contribution in [3.05, 3.63) is 114 Å². The standard InChI is InChI=1S/C31H24N4O4S2/c1-2-39-23-11-6-9-21(17-23)26-25(27(36)20-13-15-32-16-14-20)28(37)29(38)35(26)30-33-34-31(41-30)40-18-22-10-5-8-19-7-3-4-12-24(19)22/h3-17,26,36H,2,18H2,1H3/b27-25+. The van der Waals surface area contributed by atoms with Gasteiger partial charge >= 0.3 is 5.91 Å². The van der Waals surface area contributed by atoms with Crippen molar-refractivity contribution in [3.63, 3.8) is 0 Å². The third-order valence-corrected chi connectivity index (χ3v) is 8.82. The fourth-order valence-electron chi connectivity index (χ4n) is 4.87. The Morgan fingerprint density at radius 1 is 1.00 bits per heavy atom. The molecule has 1 aliphatic heterocycles. The summed E-state index contributed by atoms with van der Waals surface area (Å²) in [6, 6.07) is 23.8. The number of carbonyl (C=O) groups excluding carboxylic acids is 2. The summed E-state index contributed by atoms with van der Waals surface area (Å²) in [5.74, 6) is -0.616. The van der Waals surface area contributed by atoms with Gasteiger partial charge in [-0.25, -0.2) is 0 Å². The van der Waals surface area contributed by atoms with Gasteiger partial charge in [-0.3, -0.25) is 19.5 Å². The van der Waals surface area contributed by atoms with E-state index in [9.17, 15) is 14.7 Å². The van der Waals surface area contributed by atoms with E-state index in [4.69, 9.17) is 4.74 Å². The summed E-state index contributed by atoms with van der Waals surface area (Å²) in [5, 5.41) is 22.5. The fraction of sp³-hybridized carbons (Fsp3) is 0.129. The van der Waals surface area contributed by atoms with Crippen LogP contribution in [-0.4, -0.2) is 38.6 Å². The number of rotatable bonds is 8. The van der Waals surface area contributed by atoms with Crippen molar-refractivity contribution in [1.29, 1.82) is 0 Å². The lowest BCUT2D eigenvalue weighted by Crippen LogP contribution is -2.29. The van der Waals surface area contributed by atoms with Crippen molar-refractivity contribution in [2.45, 2.75) is 23.1 Å². The van der Waals surface area contributed by atoms with Gasteiger partial charge in [0.1, 0.15) is 11.5 Å². The number of aromatic nitrogens is 3. The summed E-state index contributed by atoms with van der Waals surface area (Å²) in [6.45, 7) is 2.33. The topological polar surface area (TPSA) is 106 Å². The van der Waals surface area contributed by atoms with E-state index in [1.807, 2.05) is 25.1 Å². The molecule has 1 atom stereocenters. The predicted molar refractivity (Wildman–Crippen MR) is 160 cm³/mol. The molecule has 0 spiro atoms. The molecule has 0 aliphatic carbocycles. The van der Waals surface area contributed by atoms with Crippen molar-refractivity contribution >= 4 is 56.5 Å². The second-order valence-electron chi connectivity index (χ2n) is 9.19. The highest BCUT2D eigenvalue weighted by Crippen LogP contribution is 2.44. The van der Waals surface area contributed by atoms with Gasteiger partial charge < -0.3 is 9.84 Å². The third kappa shape index (κ3) is 5.19. The first-order chi connectivity index (χ1) is 20.0. The van der Waals surface area contributed by atoms with Crippen LogP contribution in [0.15, 0.2) is 101 Å². The lowest BCUT2D eigenvalue weighted by molar-refractivity contribution is -0.132. The molecule has 6 rings (SSSR count). The van der Waals surface area contributed by atoms with Gasteiger partial charge in [0.2, 0.25) is 5.13 Å². The van der Waals surface area contributed by atoms with Crippen molar-refractivity contribution in [1.82, 2.24) is 15.2 Å². The number of hydrogen-bond donors (Lipinski definition) is 1. The van der Waals surface area contributed by atoms with Crippen LogP contribution in [0.2, 0.25) is 0 Å². The Kier molecular flexibility index (Phi) is 7.49. The van der Waals surface area contributed by atoms with Crippen LogP contribution in [-0.2, 0) is 15.3 Å². The lowest BCUT2D eigenvalue weighted by Gasteiger charge is -2.23. The maximum atomic E-state index is 13.5. The van der Waals surface area contributed by atoms with E-state index in [0.29, 0.717) is 33.6 Å². The molecule has 1 unspecified atom stereocenters. The molecule has 10 heteroatoms. The van der Waals surface area contributed by atoms with Crippen molar-refractivity contribution in [3.8, 4) is 5.75 Å². The smallest absolute Gasteiger partial charge is 0.301 e. The SMILES string of the molecule is CCOc1cccc(C2/C(=C(\O)c3ccncc3)C(=O)C(=O)N2c2nnc(SCc3cccc4ccccc34)s2)c1. The predicted octanol–water partition coefficient (Wildman–Crippen LogP) is 6.40. The van der Waals surface area contributed by atoms with Crippen molar-refractivity contribution in [2.24, 2.45) is 0 Å². The highest BCUT2D eigenvalue weighted by molar-refractivity contribution is 8.00. The van der Waals surface area contributed by atoms with Crippen LogP contribution in [0, 0.1) is 0 Å². The van der Waals surface area contributed by atoms with Gasteiger partial charge in [-0.05, 0) is 53.1 Å². The first-order valence-electron chi connectivity index (χ1n) is 12.9. The van der Waals surface area contributed by atoms with E-state index in [0.717, 1.165) is 10.9 Å². The maximum Gasteiger partial charge on any atom is 0.301 e. The summed E-state index contributed by atoms with van der Waals surface area (Å²) in [4.78, 5) is 32.2. The molecule has 1 aliphatic rings. The Hall–Kier alpha value is -4.54. The number of aliphatic hydroxyl groups excluding tert-OH is 1. The van der Waals surface area contributed by atoms with Crippen LogP contribution < -0.4 is 9.64 Å². The van der Waals surface area contributed by atoms with Gasteiger partial charge in [-0.1, -0.05) is 77.7 Å². The number of Topliss-reactive ketones (excluding diaryl/α,β-unsaturated/α-hetero) is 1. The van der Waals surface area contributed by atoms with E-state index >= 15 is 0 Å². The van der Waals surface area contributed by atoms with Crippen LogP contribution in [0.5, 0.6) is 5.75 Å². The zero-order valence-electron chi connectivity index (χ0n) is 21.9. The van der Waals surface area contributed by atoms with Crippen LogP contribution in [0.3, 0.4) is 0 Å². The molecular formula is C31H24N4O4S2. The second kappa shape index (κ2) is 11.5. The molecular weight excluding hydrogens is 556 g/mol. The van der Waals surface area contributed by atoms with E-state index in [-0.39, 0.29) is 16.5 Å². The number of ether oxygens (including phenoxy) is 1. The monoisotopic (exact) mass is 580 g/mol. The Balaban J connectivity index is 1.37. The van der Waals surface area contributed by atoms with Crippen molar-refractivity contribution < 1.29 is 19.4 Å². The summed E-state index contributed by atoms with van der Waals surface area (Å²) >= 11 is 2.74. The number of amides is 1. The molecule has 1 amide bonds. The zero-order valence-corrected chi connectivity index (χ0v) is 23.6. The number of thioether (sulfide) groups is 1. The van der Waals surface area contributed by atoms with Crippen LogP contribution in [0.4, 0.5) is 5.13 Å². The van der Waals surface area contributed by atoms with E-state index < -0.39 is 17.7 Å². The number of hydrogen-bond acceptors (Lipinski definition) is 9. The molecule has 0 bridgehead atoms. The van der Waals surface area contributed by atoms with Gasteiger partial charge in [-0.2, -0.15) is 0 Å². The molecule has 1 fully saturated rings. The molecule has 3 aromatic carbocycles. The molecule has 8 nitrogen and oxygen atoms in total. The Bertz CT molecular complexity index is 1780. The number of fused-ring (bicyclic) bond motifs is 1. The minimum atomic E-state index is -0.924. The molecule has 5 aromatic rings. The number of benzene rings is 3. The third-order valence-electron chi connectivity index (χ3n) is 6.72. The van der Waals surface area contributed by atoms with E-state index in [1.165, 1.54) is 45.8 Å². The largest absolute Gasteiger partial charge is 0.507 e. The Morgan fingerprint density at radius 2 is 1.78 bits per heavy atom. The minimum absolute atomic E-state index is 0.0324. The number of carbonyl (C=O) groups is 2. The second-order valence-corrected chi connectivity index (χ2v) is 11.4. The number of pyridine rings is 1. The average Bonchev–Trinajstić information content (AvgIpc) is 3.58. The summed E-state index contributed by atoms with van der Waals surface area (Å²) in [7, 11) is 0. The first kappa shape index (κ1) is 26.7. The fourth-order valence-corrected chi connectivity index (χ4v) is 6.74. The van der Waals surface area contributed by atoms with Crippen molar-refractivity contribution in [2.75, 3.05) is 11.5 Å². The Labute approximate surface area is 244 Å². The molecule has 204 valence electrons. The average molecular weight is 581 g/mol. The van der Waals surface area contributed by atoms with Gasteiger partial charge in [-0.15, -0.1) is 10.2 Å². The van der Waals surface area contributed by atoms with E-state index in [2.05, 4.69) is 39.4 Å². The molecule has 2 aromatic heterocycles. The molecule has 1 saturated heterocycles. The van der Waals surface area contributed by atoms with Gasteiger partial charge in [0.25, 0.3) is 5.78 Å². The normalized spacial score (nSPS) is 16.4. The summed E-state index contributed by atoms with van der Waals surface area (Å²) < 4.78 is 6.34. The lowest BCUT2D eigenvalue weighted by atomic mass is 9.95. The van der Waals surface area contributed by atoms with Gasteiger partial charge in [0.15, 0.2) is 4.34 Å². The Morgan fingerprint density at radius 3 is 2.61 bits per heavy atom. The van der Waals surface area contributed by atoms with Crippen LogP contribution >= 0.6 is 23.1 Å². The highest BCUT2D eigenvalue weighted by Gasteiger charge is 2.48. The quantitative estimate of drug-likeness (QED) is 0.0739. The molecule has 0 radical (unpaired) electrons. The molecule has 3 heterocycles. The number of aliphatic hydroxyl groups is 1. The maximum absolute atomic E-state index is 13.5. The first-order valence-corrected chi connectivity index (χ1v) is 14.7. The zero-order chi connectivity index (χ0) is 28.3. The minimum Gasteiger partial charge on any atom is -0.507 e. The van der Waals surface area contributed by atoms with Crippen LogP contribution in [0.1, 0.15) is 29.7 Å². The molecule has 1 N–H and O–H groups in total. The van der Waals surface area contributed by atoms with Crippen LogP contribution in [0.25, 0.3) is 16.5 Å². The number of anilines is 1. The van der Waals surface area contributed by atoms with Gasteiger partial charge in [0, 0.05) is 23.7 Å². The highest BCUT2D eigenvalue weighted by atomic mass is 32.2. The molecule has 41 heavy (non-hydrogen) atoms.